The molecule has 4 aromatic carbocycles. The lowest BCUT2D eigenvalue weighted by Crippen LogP contribution is -2.19. The van der Waals surface area contributed by atoms with Crippen molar-refractivity contribution in [3.63, 3.8) is 0 Å². The van der Waals surface area contributed by atoms with Gasteiger partial charge in [0, 0.05) is 11.3 Å². The van der Waals surface area contributed by atoms with Gasteiger partial charge in [0.05, 0.1) is 34.2 Å². The summed E-state index contributed by atoms with van der Waals surface area (Å²) >= 11 is 1.33. The van der Waals surface area contributed by atoms with E-state index in [1.807, 2.05) is 66.7 Å². The number of aromatic nitrogens is 1. The molecule has 0 aliphatic carbocycles. The minimum Gasteiger partial charge on any atom is -0.462 e. The van der Waals surface area contributed by atoms with Crippen molar-refractivity contribution in [3.8, 4) is 28.2 Å². The maximum atomic E-state index is 13.2. The molecule has 2 heterocycles. The molecule has 6 nitrogen and oxygen atoms in total. The van der Waals surface area contributed by atoms with Crippen LogP contribution >= 0.6 is 11.8 Å². The molecule has 0 unspecified atom stereocenters. The summed E-state index contributed by atoms with van der Waals surface area (Å²) < 4.78 is 7.38. The number of amidine groups is 1. The lowest BCUT2D eigenvalue weighted by Gasteiger charge is -2.15. The number of esters is 1. The fourth-order valence-electron chi connectivity index (χ4n) is 5.13. The van der Waals surface area contributed by atoms with Crippen LogP contribution in [0.15, 0.2) is 125 Å². The summed E-state index contributed by atoms with van der Waals surface area (Å²) in [4.78, 5) is 30.8. The number of rotatable bonds is 8. The van der Waals surface area contributed by atoms with Crippen molar-refractivity contribution in [1.29, 1.82) is 0 Å². The molecule has 44 heavy (non-hydrogen) atoms. The van der Waals surface area contributed by atoms with Crippen molar-refractivity contribution in [2.24, 2.45) is 4.99 Å². The first-order valence-electron chi connectivity index (χ1n) is 14.6. The number of aliphatic imine (C=N–C) groups is 1. The van der Waals surface area contributed by atoms with Crippen LogP contribution in [-0.2, 0) is 16.0 Å². The Balaban J connectivity index is 1.48. The first-order valence-corrected chi connectivity index (χ1v) is 15.4. The Morgan fingerprint density at radius 3 is 2.16 bits per heavy atom. The largest absolute Gasteiger partial charge is 0.462 e. The molecule has 1 aromatic heterocycles. The highest BCUT2D eigenvalue weighted by molar-refractivity contribution is 8.18. The smallest absolute Gasteiger partial charge is 0.338 e. The normalized spacial score (nSPS) is 14.6. The molecule has 0 atom stereocenters. The van der Waals surface area contributed by atoms with Gasteiger partial charge in [-0.05, 0) is 90.3 Å². The molecular weight excluding hydrogens is 566 g/mol. The van der Waals surface area contributed by atoms with E-state index in [0.717, 1.165) is 45.9 Å². The first-order chi connectivity index (χ1) is 21.5. The number of nitrogens with zero attached hydrogens (tertiary/aromatic N) is 2. The Bertz CT molecular complexity index is 1860. The number of thioether (sulfide) groups is 1. The summed E-state index contributed by atoms with van der Waals surface area (Å²) in [5.74, 6) is -0.544. The second kappa shape index (κ2) is 13.0. The lowest BCUT2D eigenvalue weighted by molar-refractivity contribution is -0.115. The molecular formula is C37H31N3O3S. The van der Waals surface area contributed by atoms with E-state index in [4.69, 9.17) is 4.74 Å². The molecule has 1 amide bonds. The third-order valence-corrected chi connectivity index (χ3v) is 8.21. The van der Waals surface area contributed by atoms with E-state index >= 15 is 0 Å². The van der Waals surface area contributed by atoms with E-state index in [2.05, 4.69) is 64.3 Å². The number of carbonyl (C=O) groups is 2. The van der Waals surface area contributed by atoms with E-state index in [-0.39, 0.29) is 11.9 Å². The van der Waals surface area contributed by atoms with Crippen LogP contribution in [0.4, 0.5) is 5.69 Å². The molecule has 5 aromatic rings. The summed E-state index contributed by atoms with van der Waals surface area (Å²) in [7, 11) is 0. The summed E-state index contributed by atoms with van der Waals surface area (Å²) in [6.45, 7) is 4.22. The Labute approximate surface area is 261 Å². The fourth-order valence-corrected chi connectivity index (χ4v) is 5.96. The van der Waals surface area contributed by atoms with Crippen LogP contribution in [0.25, 0.3) is 34.3 Å². The molecule has 7 heteroatoms. The molecule has 1 aliphatic rings. The zero-order valence-electron chi connectivity index (χ0n) is 24.5. The lowest BCUT2D eigenvalue weighted by atomic mass is 10.1. The number of benzene rings is 4. The molecule has 218 valence electrons. The van der Waals surface area contributed by atoms with Gasteiger partial charge in [-0.3, -0.25) is 4.79 Å². The maximum absolute atomic E-state index is 13.2. The minimum absolute atomic E-state index is 0.189. The topological polar surface area (TPSA) is 72.7 Å². The van der Waals surface area contributed by atoms with Gasteiger partial charge in [-0.1, -0.05) is 79.7 Å². The number of hydrogen-bond donors (Lipinski definition) is 1. The van der Waals surface area contributed by atoms with Crippen molar-refractivity contribution >= 4 is 40.6 Å². The number of aryl methyl sites for hydroxylation is 1. The molecule has 6 rings (SSSR count). The van der Waals surface area contributed by atoms with Gasteiger partial charge in [0.25, 0.3) is 5.91 Å². The summed E-state index contributed by atoms with van der Waals surface area (Å²) in [5.41, 5.74) is 8.17. The van der Waals surface area contributed by atoms with Crippen molar-refractivity contribution in [3.05, 3.63) is 137 Å². The monoisotopic (exact) mass is 597 g/mol. The Morgan fingerprint density at radius 1 is 0.864 bits per heavy atom. The van der Waals surface area contributed by atoms with Crippen LogP contribution in [0, 0.1) is 0 Å². The van der Waals surface area contributed by atoms with Gasteiger partial charge in [-0.15, -0.1) is 0 Å². The van der Waals surface area contributed by atoms with Gasteiger partial charge in [0.1, 0.15) is 0 Å². The summed E-state index contributed by atoms with van der Waals surface area (Å²) in [6, 6.07) is 37.8. The van der Waals surface area contributed by atoms with Crippen LogP contribution in [0.1, 0.15) is 35.3 Å². The van der Waals surface area contributed by atoms with E-state index in [1.54, 1.807) is 19.1 Å². The molecule has 1 aliphatic heterocycles. The Morgan fingerprint density at radius 2 is 1.52 bits per heavy atom. The number of amides is 1. The zero-order valence-corrected chi connectivity index (χ0v) is 25.3. The second-order valence-electron chi connectivity index (χ2n) is 10.2. The highest BCUT2D eigenvalue weighted by atomic mass is 32.2. The van der Waals surface area contributed by atoms with Gasteiger partial charge in [0.2, 0.25) is 0 Å². The van der Waals surface area contributed by atoms with Crippen LogP contribution < -0.4 is 5.32 Å². The SMILES string of the molecule is CCOC(=O)c1ccc(-n2c(-c3ccccc3)cc(/C=C3/SC(=Nc4ccc(CC)cc4)NC3=O)c2-c2ccccc2)cc1. The van der Waals surface area contributed by atoms with Crippen LogP contribution in [0.3, 0.4) is 0 Å². The predicted octanol–water partition coefficient (Wildman–Crippen LogP) is 8.44. The van der Waals surface area contributed by atoms with Crippen molar-refractivity contribution in [1.82, 2.24) is 9.88 Å². The zero-order chi connectivity index (χ0) is 30.5. The van der Waals surface area contributed by atoms with Gasteiger partial charge in [-0.25, -0.2) is 9.79 Å². The Kier molecular flexibility index (Phi) is 8.57. The van der Waals surface area contributed by atoms with Crippen LogP contribution in [-0.4, -0.2) is 28.2 Å². The van der Waals surface area contributed by atoms with Gasteiger partial charge < -0.3 is 14.6 Å². The minimum atomic E-state index is -0.355. The fraction of sp³-hybridized carbons (Fsp3) is 0.108. The Hall–Kier alpha value is -5.14. The molecule has 1 N–H and O–H groups in total. The third-order valence-electron chi connectivity index (χ3n) is 7.30. The summed E-state index contributed by atoms with van der Waals surface area (Å²) in [5, 5.41) is 3.47. The van der Waals surface area contributed by atoms with E-state index in [0.29, 0.717) is 22.2 Å². The molecule has 0 radical (unpaired) electrons. The van der Waals surface area contributed by atoms with Crippen molar-refractivity contribution in [2.45, 2.75) is 20.3 Å². The van der Waals surface area contributed by atoms with Gasteiger partial charge in [0.15, 0.2) is 5.17 Å². The molecule has 0 spiro atoms. The average molecular weight is 598 g/mol. The first kappa shape index (κ1) is 29.0. The van der Waals surface area contributed by atoms with Crippen LogP contribution in [0.5, 0.6) is 0 Å². The maximum Gasteiger partial charge on any atom is 0.338 e. The van der Waals surface area contributed by atoms with Crippen LogP contribution in [0.2, 0.25) is 0 Å². The highest BCUT2D eigenvalue weighted by Gasteiger charge is 2.26. The summed E-state index contributed by atoms with van der Waals surface area (Å²) in [6.07, 6.45) is 2.89. The number of carbonyl (C=O) groups excluding carboxylic acids is 2. The van der Waals surface area contributed by atoms with Gasteiger partial charge in [-0.2, -0.15) is 0 Å². The van der Waals surface area contributed by atoms with Gasteiger partial charge >= 0.3 is 5.97 Å². The molecule has 0 bridgehead atoms. The van der Waals surface area contributed by atoms with E-state index in [9.17, 15) is 9.59 Å². The van der Waals surface area contributed by atoms with E-state index < -0.39 is 0 Å². The predicted molar refractivity (Wildman–Crippen MR) is 179 cm³/mol. The number of ether oxygens (including phenoxy) is 1. The standard InChI is InChI=1S/C37H31N3O3S/c1-3-25-15-19-30(20-16-25)38-37-39-35(41)33(44-37)24-29-23-32(26-11-7-5-8-12-26)40(34(29)27-13-9-6-10-14-27)31-21-17-28(18-22-31)36(42)43-4-2/h5-24H,3-4H2,1-2H3,(H,38,39,41)/b33-24+. The molecule has 1 saturated heterocycles. The molecule has 0 saturated carbocycles. The van der Waals surface area contributed by atoms with Crippen molar-refractivity contribution in [2.75, 3.05) is 6.61 Å². The number of hydrogen-bond acceptors (Lipinski definition) is 5. The average Bonchev–Trinajstić information content (AvgIpc) is 3.61. The quantitative estimate of drug-likeness (QED) is 0.144. The third kappa shape index (κ3) is 6.14. The van der Waals surface area contributed by atoms with Crippen molar-refractivity contribution < 1.29 is 14.3 Å². The van der Waals surface area contributed by atoms with E-state index in [1.165, 1.54) is 17.3 Å². The molecule has 1 fully saturated rings. The second-order valence-corrected chi connectivity index (χ2v) is 11.2. The number of nitrogens with one attached hydrogen (secondary N) is 1. The highest BCUT2D eigenvalue weighted by Crippen LogP contribution is 2.39.